The maximum Gasteiger partial charge on any atom is 0.243 e. The standard InChI is InChI=1S/C30H36N8O3/c1-36-26-9-7-22(15-25(26)34-35-36)18-33-29(40)27-16-23(14-20-5-4-6-21(13-20)17-31)19-38(27)30(41)24(32)8-10-28(39)37-11-2-3-12-37/h4-7,9,13,15,23-24,27H,2-3,8,10-12,14,16,18-19,32H2,1H3,(H,33,40). The zero-order valence-corrected chi connectivity index (χ0v) is 23.3. The second-order valence-electron chi connectivity index (χ2n) is 11.1. The lowest BCUT2D eigenvalue weighted by molar-refractivity contribution is -0.140. The lowest BCUT2D eigenvalue weighted by Crippen LogP contribution is -2.51. The van der Waals surface area contributed by atoms with Crippen LogP contribution >= 0.6 is 0 Å². The molecule has 0 saturated carbocycles. The highest BCUT2D eigenvalue weighted by atomic mass is 16.2. The van der Waals surface area contributed by atoms with Crippen LogP contribution in [0.2, 0.25) is 0 Å². The van der Waals surface area contributed by atoms with Crippen LogP contribution in [0, 0.1) is 17.2 Å². The number of rotatable bonds is 9. The Kier molecular flexibility index (Phi) is 8.59. The van der Waals surface area contributed by atoms with Gasteiger partial charge in [-0.1, -0.05) is 23.4 Å². The van der Waals surface area contributed by atoms with E-state index in [0.29, 0.717) is 24.9 Å². The largest absolute Gasteiger partial charge is 0.350 e. The predicted molar refractivity (Wildman–Crippen MR) is 152 cm³/mol. The number of aromatic nitrogens is 3. The van der Waals surface area contributed by atoms with Gasteiger partial charge in [0.25, 0.3) is 0 Å². The first-order valence-electron chi connectivity index (χ1n) is 14.2. The molecule has 3 unspecified atom stereocenters. The Labute approximate surface area is 239 Å². The third-order valence-corrected chi connectivity index (χ3v) is 8.14. The molecule has 0 spiro atoms. The monoisotopic (exact) mass is 556 g/mol. The van der Waals surface area contributed by atoms with E-state index in [0.717, 1.165) is 48.1 Å². The van der Waals surface area contributed by atoms with Crippen LogP contribution < -0.4 is 11.1 Å². The number of hydrogen-bond acceptors (Lipinski definition) is 7. The summed E-state index contributed by atoms with van der Waals surface area (Å²) >= 11 is 0. The first-order chi connectivity index (χ1) is 19.8. The van der Waals surface area contributed by atoms with Gasteiger partial charge in [-0.25, -0.2) is 4.68 Å². The molecule has 11 heteroatoms. The maximum atomic E-state index is 13.6. The molecule has 2 aromatic carbocycles. The molecule has 41 heavy (non-hydrogen) atoms. The van der Waals surface area contributed by atoms with Gasteiger partial charge in [0, 0.05) is 39.6 Å². The molecular formula is C30H36N8O3. The minimum absolute atomic E-state index is 0.0248. The third-order valence-electron chi connectivity index (χ3n) is 8.14. The Balaban J connectivity index is 1.26. The summed E-state index contributed by atoms with van der Waals surface area (Å²) in [6.07, 6.45) is 3.59. The van der Waals surface area contributed by atoms with E-state index in [-0.39, 0.29) is 43.0 Å². The number of aryl methyl sites for hydroxylation is 1. The van der Waals surface area contributed by atoms with Gasteiger partial charge in [-0.2, -0.15) is 5.26 Å². The lowest BCUT2D eigenvalue weighted by atomic mass is 9.95. The first-order valence-corrected chi connectivity index (χ1v) is 14.2. The third kappa shape index (κ3) is 6.55. The maximum absolute atomic E-state index is 13.6. The number of amides is 3. The van der Waals surface area contributed by atoms with Gasteiger partial charge in [-0.15, -0.1) is 5.10 Å². The summed E-state index contributed by atoms with van der Waals surface area (Å²) < 4.78 is 1.69. The number of nitrogens with two attached hydrogens (primary N) is 1. The van der Waals surface area contributed by atoms with Gasteiger partial charge in [0.05, 0.1) is 23.2 Å². The number of nitriles is 1. The fraction of sp³-hybridized carbons (Fsp3) is 0.467. The molecular weight excluding hydrogens is 520 g/mol. The number of hydrogen-bond donors (Lipinski definition) is 2. The van der Waals surface area contributed by atoms with Crippen molar-refractivity contribution in [1.29, 1.82) is 5.26 Å². The molecule has 2 fully saturated rings. The van der Waals surface area contributed by atoms with E-state index >= 15 is 0 Å². The van der Waals surface area contributed by atoms with Gasteiger partial charge in [0.1, 0.15) is 11.6 Å². The second-order valence-corrected chi connectivity index (χ2v) is 11.1. The summed E-state index contributed by atoms with van der Waals surface area (Å²) in [5, 5.41) is 20.4. The van der Waals surface area contributed by atoms with E-state index in [1.54, 1.807) is 15.6 Å². The molecule has 0 aliphatic carbocycles. The van der Waals surface area contributed by atoms with Crippen LogP contribution in [-0.4, -0.2) is 74.2 Å². The molecule has 2 aliphatic heterocycles. The highest BCUT2D eigenvalue weighted by molar-refractivity contribution is 5.91. The number of carbonyl (C=O) groups is 3. The van der Waals surface area contributed by atoms with Gasteiger partial charge in [0.2, 0.25) is 17.7 Å². The van der Waals surface area contributed by atoms with Crippen LogP contribution in [0.5, 0.6) is 0 Å². The first kappa shape index (κ1) is 28.2. The molecule has 11 nitrogen and oxygen atoms in total. The van der Waals surface area contributed by atoms with Crippen molar-refractivity contribution in [3.63, 3.8) is 0 Å². The molecule has 214 valence electrons. The van der Waals surface area contributed by atoms with Crippen molar-refractivity contribution < 1.29 is 14.4 Å². The summed E-state index contributed by atoms with van der Waals surface area (Å²) in [6, 6.07) is 13.7. The molecule has 3 atom stereocenters. The molecule has 3 aromatic rings. The minimum Gasteiger partial charge on any atom is -0.350 e. The van der Waals surface area contributed by atoms with Crippen molar-refractivity contribution in [1.82, 2.24) is 30.1 Å². The summed E-state index contributed by atoms with van der Waals surface area (Å²) in [5.74, 6) is -0.505. The van der Waals surface area contributed by atoms with Crippen LogP contribution in [0.4, 0.5) is 0 Å². The summed E-state index contributed by atoms with van der Waals surface area (Å²) in [4.78, 5) is 43.0. The molecule has 0 radical (unpaired) electrons. The van der Waals surface area contributed by atoms with Gasteiger partial charge < -0.3 is 20.9 Å². The van der Waals surface area contributed by atoms with Crippen LogP contribution in [0.15, 0.2) is 42.5 Å². The van der Waals surface area contributed by atoms with E-state index in [1.165, 1.54) is 0 Å². The molecule has 3 N–H and O–H groups in total. The molecule has 1 aromatic heterocycles. The number of fused-ring (bicyclic) bond motifs is 1. The summed E-state index contributed by atoms with van der Waals surface area (Å²) in [6.45, 7) is 2.19. The van der Waals surface area contributed by atoms with Crippen molar-refractivity contribution in [2.24, 2.45) is 18.7 Å². The van der Waals surface area contributed by atoms with E-state index in [9.17, 15) is 19.6 Å². The van der Waals surface area contributed by atoms with Crippen molar-refractivity contribution >= 4 is 28.8 Å². The minimum atomic E-state index is -0.864. The predicted octanol–water partition coefficient (Wildman–Crippen LogP) is 1.65. The van der Waals surface area contributed by atoms with E-state index in [1.807, 2.05) is 48.3 Å². The SMILES string of the molecule is Cn1nnc2cc(CNC(=O)C3CC(Cc4cccc(C#N)c4)CN3C(=O)C(N)CCC(=O)N3CCCC3)ccc21. The topological polar surface area (TPSA) is 150 Å². The fourth-order valence-electron chi connectivity index (χ4n) is 5.91. The number of nitrogens with one attached hydrogen (secondary N) is 1. The Morgan fingerprint density at radius 3 is 2.73 bits per heavy atom. The molecule has 3 amide bonds. The van der Waals surface area contributed by atoms with E-state index in [4.69, 9.17) is 5.73 Å². The average Bonchev–Trinajstić information content (AvgIpc) is 3.75. The van der Waals surface area contributed by atoms with Crippen LogP contribution in [-0.2, 0) is 34.4 Å². The van der Waals surface area contributed by atoms with E-state index in [2.05, 4.69) is 21.7 Å². The summed E-state index contributed by atoms with van der Waals surface area (Å²) in [7, 11) is 1.82. The van der Waals surface area contributed by atoms with Crippen LogP contribution in [0.25, 0.3) is 11.0 Å². The highest BCUT2D eigenvalue weighted by Gasteiger charge is 2.41. The number of likely N-dealkylation sites (tertiary alicyclic amines) is 2. The Morgan fingerprint density at radius 1 is 1.15 bits per heavy atom. The van der Waals surface area contributed by atoms with Gasteiger partial charge in [-0.3, -0.25) is 14.4 Å². The number of carbonyl (C=O) groups excluding carboxylic acids is 3. The molecule has 2 aliphatic rings. The molecule has 3 heterocycles. The Hall–Kier alpha value is -4.30. The van der Waals surface area contributed by atoms with Gasteiger partial charge >= 0.3 is 0 Å². The van der Waals surface area contributed by atoms with Crippen LogP contribution in [0.1, 0.15) is 48.8 Å². The average molecular weight is 557 g/mol. The van der Waals surface area contributed by atoms with Crippen molar-refractivity contribution in [3.05, 3.63) is 59.2 Å². The second kappa shape index (κ2) is 12.5. The smallest absolute Gasteiger partial charge is 0.243 e. The summed E-state index contributed by atoms with van der Waals surface area (Å²) in [5.41, 5.74) is 10.4. The highest BCUT2D eigenvalue weighted by Crippen LogP contribution is 2.28. The normalized spacial score (nSPS) is 19.3. The quantitative estimate of drug-likeness (QED) is 0.407. The fourth-order valence-corrected chi connectivity index (χ4v) is 5.91. The number of nitrogens with zero attached hydrogens (tertiary/aromatic N) is 6. The zero-order valence-electron chi connectivity index (χ0n) is 23.3. The molecule has 5 rings (SSSR count). The number of benzene rings is 2. The zero-order chi connectivity index (χ0) is 28.9. The van der Waals surface area contributed by atoms with Gasteiger partial charge in [0.15, 0.2) is 0 Å². The van der Waals surface area contributed by atoms with Crippen LogP contribution in [0.3, 0.4) is 0 Å². The Morgan fingerprint density at radius 2 is 1.95 bits per heavy atom. The van der Waals surface area contributed by atoms with Gasteiger partial charge in [-0.05, 0) is 73.4 Å². The van der Waals surface area contributed by atoms with E-state index < -0.39 is 12.1 Å². The Bertz CT molecular complexity index is 1470. The van der Waals surface area contributed by atoms with Crippen molar-refractivity contribution in [3.8, 4) is 6.07 Å². The molecule has 2 saturated heterocycles. The lowest BCUT2D eigenvalue weighted by Gasteiger charge is -2.27. The van der Waals surface area contributed by atoms with Crippen molar-refractivity contribution in [2.45, 2.75) is 57.2 Å². The van der Waals surface area contributed by atoms with Crippen molar-refractivity contribution in [2.75, 3.05) is 19.6 Å². The molecule has 0 bridgehead atoms.